The van der Waals surface area contributed by atoms with E-state index in [1.807, 2.05) is 13.0 Å². The number of fused-ring (bicyclic) bond motifs is 1. The molecule has 0 aliphatic carbocycles. The Kier molecular flexibility index (Phi) is 10.6. The summed E-state index contributed by atoms with van der Waals surface area (Å²) in [6, 6.07) is 15.9. The van der Waals surface area contributed by atoms with E-state index >= 15 is 0 Å². The van der Waals surface area contributed by atoms with Gasteiger partial charge in [-0.3, -0.25) is 4.99 Å². The molecule has 8 heteroatoms. The van der Waals surface area contributed by atoms with Gasteiger partial charge in [-0.1, -0.05) is 24.3 Å². The zero-order chi connectivity index (χ0) is 22.1. The topological polar surface area (TPSA) is 80.0 Å². The second-order valence-corrected chi connectivity index (χ2v) is 7.20. The molecule has 3 N–H and O–H groups in total. The van der Waals surface area contributed by atoms with E-state index in [4.69, 9.17) is 9.47 Å². The van der Waals surface area contributed by atoms with Gasteiger partial charge in [0.2, 0.25) is 0 Å². The third kappa shape index (κ3) is 6.77. The third-order valence-corrected chi connectivity index (χ3v) is 5.11. The van der Waals surface area contributed by atoms with E-state index in [0.717, 1.165) is 31.6 Å². The highest BCUT2D eigenvalue weighted by atomic mass is 127. The van der Waals surface area contributed by atoms with Crippen LogP contribution in [0, 0.1) is 0 Å². The summed E-state index contributed by atoms with van der Waals surface area (Å²) in [5, 5.41) is 18.4. The Hall–Kier alpha value is -2.46. The standard InChI is InChI=1S/C24H32N4O3.HI/c1-4-25-24(26-13-7-14-28-15-12-18-8-5-6-9-20(18)28)27-17-21(29)19-10-11-22(30-2)23(16-19)31-3;/h5-6,8-12,15-16,21,29H,4,7,13-14,17H2,1-3H3,(H2,25,26,27);1H. The first-order chi connectivity index (χ1) is 15.2. The number of nitrogens with one attached hydrogen (secondary N) is 2. The number of nitrogens with zero attached hydrogens (tertiary/aromatic N) is 2. The Labute approximate surface area is 206 Å². The molecule has 174 valence electrons. The molecule has 0 aliphatic rings. The highest BCUT2D eigenvalue weighted by Crippen LogP contribution is 2.30. The van der Waals surface area contributed by atoms with Gasteiger partial charge in [-0.15, -0.1) is 24.0 Å². The largest absolute Gasteiger partial charge is 0.493 e. The van der Waals surface area contributed by atoms with Crippen LogP contribution in [0.25, 0.3) is 10.9 Å². The molecule has 0 radical (unpaired) electrons. The molecule has 0 spiro atoms. The maximum absolute atomic E-state index is 10.6. The van der Waals surface area contributed by atoms with Gasteiger partial charge < -0.3 is 29.8 Å². The zero-order valence-electron chi connectivity index (χ0n) is 18.9. The number of rotatable bonds is 10. The lowest BCUT2D eigenvalue weighted by Crippen LogP contribution is -2.38. The number of ether oxygens (including phenoxy) is 2. The van der Waals surface area contributed by atoms with E-state index in [2.05, 4.69) is 56.7 Å². The van der Waals surface area contributed by atoms with Gasteiger partial charge >= 0.3 is 0 Å². The van der Waals surface area contributed by atoms with E-state index in [0.29, 0.717) is 17.5 Å². The van der Waals surface area contributed by atoms with E-state index in [1.54, 1.807) is 26.4 Å². The van der Waals surface area contributed by atoms with Crippen molar-refractivity contribution in [2.45, 2.75) is 26.0 Å². The number of aliphatic hydroxyl groups excluding tert-OH is 1. The summed E-state index contributed by atoms with van der Waals surface area (Å²) < 4.78 is 12.8. The third-order valence-electron chi connectivity index (χ3n) is 5.11. The minimum absolute atomic E-state index is 0. The predicted octanol–water partition coefficient (Wildman–Crippen LogP) is 3.96. The van der Waals surface area contributed by atoms with Crippen molar-refractivity contribution in [3.05, 3.63) is 60.3 Å². The first-order valence-electron chi connectivity index (χ1n) is 10.6. The summed E-state index contributed by atoms with van der Waals surface area (Å²) in [4.78, 5) is 4.54. The van der Waals surface area contributed by atoms with Crippen molar-refractivity contribution in [2.75, 3.05) is 33.9 Å². The van der Waals surface area contributed by atoms with Crippen molar-refractivity contribution < 1.29 is 14.6 Å². The number of aliphatic hydroxyl groups is 1. The molecule has 7 nitrogen and oxygen atoms in total. The van der Waals surface area contributed by atoms with E-state index in [9.17, 15) is 5.11 Å². The fourth-order valence-corrected chi connectivity index (χ4v) is 3.48. The number of halogens is 1. The quantitative estimate of drug-likeness (QED) is 0.154. The molecule has 0 aliphatic heterocycles. The number of methoxy groups -OCH3 is 2. The molecular weight excluding hydrogens is 519 g/mol. The van der Waals surface area contributed by atoms with Gasteiger partial charge in [-0.05, 0) is 48.6 Å². The lowest BCUT2D eigenvalue weighted by Gasteiger charge is -2.15. The summed E-state index contributed by atoms with van der Waals surface area (Å²) in [7, 11) is 3.17. The fourth-order valence-electron chi connectivity index (χ4n) is 3.48. The minimum atomic E-state index is -0.735. The lowest BCUT2D eigenvalue weighted by atomic mass is 10.1. The van der Waals surface area contributed by atoms with Crippen LogP contribution < -0.4 is 20.1 Å². The van der Waals surface area contributed by atoms with Crippen LogP contribution in [0.15, 0.2) is 59.7 Å². The van der Waals surface area contributed by atoms with Gasteiger partial charge in [0.05, 0.1) is 26.9 Å². The van der Waals surface area contributed by atoms with Crippen LogP contribution in [0.5, 0.6) is 11.5 Å². The molecule has 0 saturated heterocycles. The molecule has 0 fully saturated rings. The Morgan fingerprint density at radius 2 is 1.84 bits per heavy atom. The van der Waals surface area contributed by atoms with Crippen molar-refractivity contribution in [2.24, 2.45) is 4.99 Å². The van der Waals surface area contributed by atoms with Crippen LogP contribution in [0.2, 0.25) is 0 Å². The van der Waals surface area contributed by atoms with Crippen LogP contribution in [0.3, 0.4) is 0 Å². The Morgan fingerprint density at radius 1 is 1.06 bits per heavy atom. The Morgan fingerprint density at radius 3 is 2.59 bits per heavy atom. The zero-order valence-corrected chi connectivity index (χ0v) is 21.2. The van der Waals surface area contributed by atoms with Crippen LogP contribution in [0.1, 0.15) is 25.0 Å². The number of aryl methyl sites for hydroxylation is 1. The van der Waals surface area contributed by atoms with Crippen LogP contribution in [-0.4, -0.2) is 49.5 Å². The molecule has 3 aromatic rings. The second-order valence-electron chi connectivity index (χ2n) is 7.20. The highest BCUT2D eigenvalue weighted by molar-refractivity contribution is 14.0. The molecule has 1 unspecified atom stereocenters. The number of para-hydroxylation sites is 1. The summed E-state index contributed by atoms with van der Waals surface area (Å²) in [6.45, 7) is 4.72. The fraction of sp³-hybridized carbons (Fsp3) is 0.375. The van der Waals surface area contributed by atoms with E-state index < -0.39 is 6.10 Å². The molecule has 0 bridgehead atoms. The van der Waals surface area contributed by atoms with Gasteiger partial charge in [-0.2, -0.15) is 0 Å². The van der Waals surface area contributed by atoms with Crippen molar-refractivity contribution in [3.8, 4) is 11.5 Å². The molecule has 0 amide bonds. The minimum Gasteiger partial charge on any atom is -0.493 e. The van der Waals surface area contributed by atoms with Gasteiger partial charge in [0.15, 0.2) is 17.5 Å². The molecule has 2 aromatic carbocycles. The summed E-state index contributed by atoms with van der Waals surface area (Å²) in [6.07, 6.45) is 2.35. The van der Waals surface area contributed by atoms with Crippen molar-refractivity contribution in [1.29, 1.82) is 0 Å². The highest BCUT2D eigenvalue weighted by Gasteiger charge is 2.12. The molecule has 0 saturated carbocycles. The maximum atomic E-state index is 10.6. The predicted molar refractivity (Wildman–Crippen MR) is 140 cm³/mol. The number of guanidine groups is 1. The summed E-state index contributed by atoms with van der Waals surface area (Å²) >= 11 is 0. The molecule has 3 rings (SSSR count). The lowest BCUT2D eigenvalue weighted by molar-refractivity contribution is 0.186. The molecule has 1 aromatic heterocycles. The average Bonchev–Trinajstić information content (AvgIpc) is 3.22. The molecule has 1 heterocycles. The van der Waals surface area contributed by atoms with Crippen molar-refractivity contribution in [1.82, 2.24) is 15.2 Å². The SMILES string of the molecule is CCNC(=NCC(O)c1ccc(OC)c(OC)c1)NCCCn1ccc2ccccc21.I. The smallest absolute Gasteiger partial charge is 0.191 e. The first-order valence-corrected chi connectivity index (χ1v) is 10.6. The van der Waals surface area contributed by atoms with Gasteiger partial charge in [-0.25, -0.2) is 0 Å². The van der Waals surface area contributed by atoms with Crippen LogP contribution in [-0.2, 0) is 6.54 Å². The maximum Gasteiger partial charge on any atom is 0.191 e. The number of hydrogen-bond donors (Lipinski definition) is 3. The number of hydrogen-bond acceptors (Lipinski definition) is 4. The summed E-state index contributed by atoms with van der Waals surface area (Å²) in [5.74, 6) is 1.91. The average molecular weight is 552 g/mol. The van der Waals surface area contributed by atoms with Crippen LogP contribution in [0.4, 0.5) is 0 Å². The Balaban J connectivity index is 0.00000363. The molecular formula is C24H33IN4O3. The molecule has 32 heavy (non-hydrogen) atoms. The number of aromatic nitrogens is 1. The number of aliphatic imine (C=N–C) groups is 1. The molecule has 1 atom stereocenters. The summed E-state index contributed by atoms with van der Waals surface area (Å²) in [5.41, 5.74) is 1.98. The normalized spacial score (nSPS) is 12.2. The van der Waals surface area contributed by atoms with E-state index in [-0.39, 0.29) is 30.5 Å². The monoisotopic (exact) mass is 552 g/mol. The van der Waals surface area contributed by atoms with Gasteiger partial charge in [0.25, 0.3) is 0 Å². The second kappa shape index (κ2) is 13.2. The van der Waals surface area contributed by atoms with Crippen molar-refractivity contribution in [3.63, 3.8) is 0 Å². The number of benzene rings is 2. The van der Waals surface area contributed by atoms with Gasteiger partial charge in [0.1, 0.15) is 0 Å². The first kappa shape index (κ1) is 25.8. The van der Waals surface area contributed by atoms with Crippen LogP contribution >= 0.6 is 24.0 Å². The Bertz CT molecular complexity index is 1010. The van der Waals surface area contributed by atoms with Crippen molar-refractivity contribution >= 4 is 40.8 Å². The van der Waals surface area contributed by atoms with Gasteiger partial charge in [0, 0.05) is 31.3 Å². The van der Waals surface area contributed by atoms with E-state index in [1.165, 1.54) is 10.9 Å².